The highest BCUT2D eigenvalue weighted by molar-refractivity contribution is 5.24. The molecule has 1 N–H and O–H groups in total. The Labute approximate surface area is 129 Å². The zero-order valence-corrected chi connectivity index (χ0v) is 13.9. The molecule has 1 heterocycles. The molecule has 3 nitrogen and oxygen atoms in total. The minimum absolute atomic E-state index is 0.234. The van der Waals surface area contributed by atoms with Crippen molar-refractivity contribution in [1.29, 1.82) is 0 Å². The van der Waals surface area contributed by atoms with Crippen molar-refractivity contribution < 1.29 is 5.11 Å². The lowest BCUT2D eigenvalue weighted by Gasteiger charge is -2.40. The summed E-state index contributed by atoms with van der Waals surface area (Å²) in [6, 6.07) is 9.56. The molecule has 1 fully saturated rings. The first-order valence-corrected chi connectivity index (χ1v) is 8.19. The molecular formula is C18H30N2O. The van der Waals surface area contributed by atoms with E-state index in [-0.39, 0.29) is 6.10 Å². The summed E-state index contributed by atoms with van der Waals surface area (Å²) in [6.07, 6.45) is -0.234. The molecule has 1 aliphatic rings. The maximum Gasteiger partial charge on any atom is 0.0639 e. The van der Waals surface area contributed by atoms with Crippen LogP contribution in [0.25, 0.3) is 0 Å². The van der Waals surface area contributed by atoms with Crippen LogP contribution in [0.4, 0.5) is 0 Å². The van der Waals surface area contributed by atoms with E-state index >= 15 is 0 Å². The first-order valence-electron chi connectivity index (χ1n) is 8.19. The summed E-state index contributed by atoms with van der Waals surface area (Å²) in [6.45, 7) is 13.6. The van der Waals surface area contributed by atoms with Crippen molar-refractivity contribution >= 4 is 0 Å². The fourth-order valence-corrected chi connectivity index (χ4v) is 3.09. The molecule has 1 saturated heterocycles. The third-order valence-electron chi connectivity index (χ3n) is 4.40. The van der Waals surface area contributed by atoms with Crippen LogP contribution in [-0.2, 0) is 6.54 Å². The van der Waals surface area contributed by atoms with Gasteiger partial charge in [0.1, 0.15) is 0 Å². The standard InChI is InChI=1S/C18H30N2O/c1-14(2)18-7-5-17(6-8-18)13-19-9-10-20(12-16(4)21)15(3)11-19/h5-8,14-16,21H,9-13H2,1-4H3. The van der Waals surface area contributed by atoms with Gasteiger partial charge >= 0.3 is 0 Å². The Kier molecular flexibility index (Phi) is 5.80. The number of hydrogen-bond donors (Lipinski definition) is 1. The predicted molar refractivity (Wildman–Crippen MR) is 88.5 cm³/mol. The van der Waals surface area contributed by atoms with Crippen molar-refractivity contribution in [3.05, 3.63) is 35.4 Å². The average Bonchev–Trinajstić information content (AvgIpc) is 2.42. The number of aliphatic hydroxyl groups excluding tert-OH is 1. The molecule has 0 bridgehead atoms. The van der Waals surface area contributed by atoms with Crippen LogP contribution in [0, 0.1) is 0 Å². The topological polar surface area (TPSA) is 26.7 Å². The fourth-order valence-electron chi connectivity index (χ4n) is 3.09. The fraction of sp³-hybridized carbons (Fsp3) is 0.667. The van der Waals surface area contributed by atoms with Gasteiger partial charge in [0.15, 0.2) is 0 Å². The quantitative estimate of drug-likeness (QED) is 0.903. The highest BCUT2D eigenvalue weighted by Gasteiger charge is 2.24. The van der Waals surface area contributed by atoms with Crippen LogP contribution >= 0.6 is 0 Å². The molecule has 0 radical (unpaired) electrons. The average molecular weight is 290 g/mol. The minimum atomic E-state index is -0.234. The van der Waals surface area contributed by atoms with Gasteiger partial charge in [-0.1, -0.05) is 38.1 Å². The monoisotopic (exact) mass is 290 g/mol. The van der Waals surface area contributed by atoms with Gasteiger partial charge in [0.25, 0.3) is 0 Å². The van der Waals surface area contributed by atoms with Crippen molar-refractivity contribution in [3.63, 3.8) is 0 Å². The van der Waals surface area contributed by atoms with Crippen molar-refractivity contribution in [2.75, 3.05) is 26.2 Å². The summed E-state index contributed by atoms with van der Waals surface area (Å²) in [5.74, 6) is 0.600. The summed E-state index contributed by atoms with van der Waals surface area (Å²) in [5, 5.41) is 9.54. The number of hydrogen-bond acceptors (Lipinski definition) is 3. The van der Waals surface area contributed by atoms with E-state index in [0.717, 1.165) is 32.7 Å². The molecule has 0 saturated carbocycles. The summed E-state index contributed by atoms with van der Waals surface area (Å²) in [5.41, 5.74) is 2.81. The maximum absolute atomic E-state index is 9.54. The predicted octanol–water partition coefficient (Wildman–Crippen LogP) is 2.70. The van der Waals surface area contributed by atoms with Crippen LogP contribution in [0.5, 0.6) is 0 Å². The third kappa shape index (κ3) is 4.80. The molecule has 0 amide bonds. The van der Waals surface area contributed by atoms with Crippen LogP contribution in [-0.4, -0.2) is 53.2 Å². The van der Waals surface area contributed by atoms with Crippen LogP contribution in [0.15, 0.2) is 24.3 Å². The first kappa shape index (κ1) is 16.5. The second-order valence-electron chi connectivity index (χ2n) is 6.82. The van der Waals surface area contributed by atoms with Gasteiger partial charge in [-0.05, 0) is 30.9 Å². The molecule has 0 spiro atoms. The van der Waals surface area contributed by atoms with E-state index in [1.807, 2.05) is 6.92 Å². The number of benzene rings is 1. The number of aliphatic hydroxyl groups is 1. The van der Waals surface area contributed by atoms with Gasteiger partial charge in [-0.2, -0.15) is 0 Å². The van der Waals surface area contributed by atoms with Crippen molar-refractivity contribution in [2.45, 2.75) is 52.3 Å². The van der Waals surface area contributed by atoms with Gasteiger partial charge in [-0.3, -0.25) is 9.80 Å². The van der Waals surface area contributed by atoms with Gasteiger partial charge in [0.2, 0.25) is 0 Å². The Balaban J connectivity index is 1.87. The molecule has 1 aliphatic heterocycles. The van der Waals surface area contributed by atoms with Crippen LogP contribution in [0.3, 0.4) is 0 Å². The Morgan fingerprint density at radius 2 is 1.81 bits per heavy atom. The van der Waals surface area contributed by atoms with Gasteiger partial charge in [0, 0.05) is 38.8 Å². The molecule has 0 aliphatic carbocycles. The summed E-state index contributed by atoms with van der Waals surface area (Å²) in [7, 11) is 0. The molecule has 21 heavy (non-hydrogen) atoms. The SMILES string of the molecule is CC(O)CN1CCN(Cc2ccc(C(C)C)cc2)CC1C. The summed E-state index contributed by atoms with van der Waals surface area (Å²) < 4.78 is 0. The second kappa shape index (κ2) is 7.39. The molecule has 1 aromatic rings. The van der Waals surface area contributed by atoms with Gasteiger partial charge in [-0.25, -0.2) is 0 Å². The van der Waals surface area contributed by atoms with Crippen LogP contribution < -0.4 is 0 Å². The van der Waals surface area contributed by atoms with Crippen LogP contribution in [0.1, 0.15) is 44.7 Å². The Hall–Kier alpha value is -0.900. The number of β-amino-alcohol motifs (C(OH)–C–C–N with tert-alkyl or cyclic N) is 1. The van der Waals surface area contributed by atoms with E-state index in [9.17, 15) is 5.11 Å². The molecule has 0 aromatic heterocycles. The molecule has 118 valence electrons. The second-order valence-corrected chi connectivity index (χ2v) is 6.82. The highest BCUT2D eigenvalue weighted by Crippen LogP contribution is 2.17. The maximum atomic E-state index is 9.54. The first-order chi connectivity index (χ1) is 9.95. The van der Waals surface area contributed by atoms with Gasteiger partial charge < -0.3 is 5.11 Å². The normalized spacial score (nSPS) is 22.7. The lowest BCUT2D eigenvalue weighted by atomic mass is 10.0. The molecule has 2 atom stereocenters. The highest BCUT2D eigenvalue weighted by atomic mass is 16.3. The number of rotatable bonds is 5. The summed E-state index contributed by atoms with van der Waals surface area (Å²) in [4.78, 5) is 4.91. The third-order valence-corrected chi connectivity index (χ3v) is 4.40. The number of piperazine rings is 1. The van der Waals surface area contributed by atoms with Crippen LogP contribution in [0.2, 0.25) is 0 Å². The van der Waals surface area contributed by atoms with E-state index < -0.39 is 0 Å². The van der Waals surface area contributed by atoms with E-state index in [1.165, 1.54) is 11.1 Å². The summed E-state index contributed by atoms with van der Waals surface area (Å²) >= 11 is 0. The Morgan fingerprint density at radius 3 is 2.33 bits per heavy atom. The molecule has 2 unspecified atom stereocenters. The lowest BCUT2D eigenvalue weighted by Crippen LogP contribution is -2.53. The lowest BCUT2D eigenvalue weighted by molar-refractivity contribution is 0.0423. The molecular weight excluding hydrogens is 260 g/mol. The van der Waals surface area contributed by atoms with Crippen molar-refractivity contribution in [1.82, 2.24) is 9.80 Å². The van der Waals surface area contributed by atoms with Gasteiger partial charge in [-0.15, -0.1) is 0 Å². The van der Waals surface area contributed by atoms with E-state index in [4.69, 9.17) is 0 Å². The minimum Gasteiger partial charge on any atom is -0.392 e. The zero-order valence-electron chi connectivity index (χ0n) is 13.9. The molecule has 2 rings (SSSR count). The molecule has 1 aromatic carbocycles. The molecule has 3 heteroatoms. The van der Waals surface area contributed by atoms with E-state index in [1.54, 1.807) is 0 Å². The zero-order chi connectivity index (χ0) is 15.4. The smallest absolute Gasteiger partial charge is 0.0639 e. The van der Waals surface area contributed by atoms with E-state index in [2.05, 4.69) is 54.8 Å². The Morgan fingerprint density at radius 1 is 1.14 bits per heavy atom. The Bertz CT molecular complexity index is 427. The van der Waals surface area contributed by atoms with Crippen molar-refractivity contribution in [2.24, 2.45) is 0 Å². The van der Waals surface area contributed by atoms with E-state index in [0.29, 0.717) is 12.0 Å². The number of nitrogens with zero attached hydrogens (tertiary/aromatic N) is 2. The van der Waals surface area contributed by atoms with Crippen molar-refractivity contribution in [3.8, 4) is 0 Å². The van der Waals surface area contributed by atoms with Gasteiger partial charge in [0.05, 0.1) is 6.10 Å². The largest absolute Gasteiger partial charge is 0.392 e.